The highest BCUT2D eigenvalue weighted by Crippen LogP contribution is 2.22. The maximum absolute atomic E-state index is 12.3. The van der Waals surface area contributed by atoms with Crippen molar-refractivity contribution >= 4 is 23.4 Å². The normalized spacial score (nSPS) is 14.9. The van der Waals surface area contributed by atoms with Crippen LogP contribution in [0.5, 0.6) is 5.75 Å². The monoisotopic (exact) mass is 311 g/mol. The number of amides is 2. The number of phenolic OH excluding ortho intramolecular Hbond substituents is 1. The van der Waals surface area contributed by atoms with Crippen LogP contribution in [0.2, 0.25) is 5.02 Å². The van der Waals surface area contributed by atoms with Gasteiger partial charge in [-0.15, -0.1) is 0 Å². The lowest BCUT2D eigenvalue weighted by Gasteiger charge is -2.29. The molecule has 0 atom stereocenters. The standard InChI is InChI=1S/C14H18ClN3O3/c1-17(9-13(20)18-6-4-16-5-7-18)14(21)11-8-10(19)2-3-12(11)15/h2-3,8,16,19H,4-7,9H2,1H3. The number of phenols is 1. The van der Waals surface area contributed by atoms with Gasteiger partial charge in [0.2, 0.25) is 5.91 Å². The van der Waals surface area contributed by atoms with Crippen molar-refractivity contribution in [3.8, 4) is 5.75 Å². The minimum absolute atomic E-state index is 0.00911. The Bertz CT molecular complexity index is 544. The zero-order chi connectivity index (χ0) is 15.4. The molecule has 0 bridgehead atoms. The van der Waals surface area contributed by atoms with Crippen molar-refractivity contribution in [2.24, 2.45) is 0 Å². The summed E-state index contributed by atoms with van der Waals surface area (Å²) in [7, 11) is 1.54. The van der Waals surface area contributed by atoms with E-state index < -0.39 is 0 Å². The molecule has 0 saturated carbocycles. The van der Waals surface area contributed by atoms with Gasteiger partial charge >= 0.3 is 0 Å². The second-order valence-corrected chi connectivity index (χ2v) is 5.36. The summed E-state index contributed by atoms with van der Waals surface area (Å²) in [5.74, 6) is -0.521. The van der Waals surface area contributed by atoms with Gasteiger partial charge in [-0.25, -0.2) is 0 Å². The molecule has 0 unspecified atom stereocenters. The number of piperazine rings is 1. The molecule has 0 aliphatic carbocycles. The van der Waals surface area contributed by atoms with Gasteiger partial charge in [0.05, 0.1) is 17.1 Å². The Hall–Kier alpha value is -1.79. The second-order valence-electron chi connectivity index (χ2n) is 4.96. The van der Waals surface area contributed by atoms with Crippen molar-refractivity contribution in [3.05, 3.63) is 28.8 Å². The van der Waals surface area contributed by atoms with Gasteiger partial charge in [0.25, 0.3) is 5.91 Å². The average Bonchev–Trinajstić information content (AvgIpc) is 2.49. The smallest absolute Gasteiger partial charge is 0.255 e. The van der Waals surface area contributed by atoms with Crippen molar-refractivity contribution in [1.29, 1.82) is 0 Å². The number of rotatable bonds is 3. The van der Waals surface area contributed by atoms with Crippen molar-refractivity contribution in [3.63, 3.8) is 0 Å². The summed E-state index contributed by atoms with van der Waals surface area (Å²) in [5, 5.41) is 12.9. The Labute approximate surface area is 128 Å². The maximum Gasteiger partial charge on any atom is 0.255 e. The van der Waals surface area contributed by atoms with Gasteiger partial charge in [0.1, 0.15) is 5.75 Å². The number of benzene rings is 1. The fourth-order valence-electron chi connectivity index (χ4n) is 2.17. The average molecular weight is 312 g/mol. The Morgan fingerprint density at radius 3 is 2.71 bits per heavy atom. The van der Waals surface area contributed by atoms with Crippen LogP contribution in [0.25, 0.3) is 0 Å². The van der Waals surface area contributed by atoms with Gasteiger partial charge < -0.3 is 20.2 Å². The van der Waals surface area contributed by atoms with Crippen LogP contribution in [0.3, 0.4) is 0 Å². The van der Waals surface area contributed by atoms with E-state index in [4.69, 9.17) is 11.6 Å². The fraction of sp³-hybridized carbons (Fsp3) is 0.429. The molecule has 7 heteroatoms. The first-order valence-corrected chi connectivity index (χ1v) is 7.09. The third-order valence-electron chi connectivity index (χ3n) is 3.37. The Balaban J connectivity index is 2.02. The molecular formula is C14H18ClN3O3. The molecule has 0 radical (unpaired) electrons. The SMILES string of the molecule is CN(CC(=O)N1CCNCC1)C(=O)c1cc(O)ccc1Cl. The Morgan fingerprint density at radius 1 is 1.38 bits per heavy atom. The number of carbonyl (C=O) groups is 2. The largest absolute Gasteiger partial charge is 0.508 e. The van der Waals surface area contributed by atoms with Crippen LogP contribution in [0.15, 0.2) is 18.2 Å². The summed E-state index contributed by atoms with van der Waals surface area (Å²) in [6, 6.07) is 4.16. The van der Waals surface area contributed by atoms with Crippen LogP contribution in [0.4, 0.5) is 0 Å². The van der Waals surface area contributed by atoms with Gasteiger partial charge in [0, 0.05) is 33.2 Å². The molecule has 0 aromatic heterocycles. The quantitative estimate of drug-likeness (QED) is 0.855. The molecule has 1 aromatic carbocycles. The lowest BCUT2D eigenvalue weighted by molar-refractivity contribution is -0.132. The minimum atomic E-state index is -0.389. The molecule has 1 aromatic rings. The van der Waals surface area contributed by atoms with Gasteiger partial charge in [-0.2, -0.15) is 0 Å². The van der Waals surface area contributed by atoms with E-state index >= 15 is 0 Å². The van der Waals surface area contributed by atoms with Crippen LogP contribution in [-0.4, -0.2) is 66.5 Å². The van der Waals surface area contributed by atoms with Crippen LogP contribution in [-0.2, 0) is 4.79 Å². The topological polar surface area (TPSA) is 72.9 Å². The number of nitrogens with one attached hydrogen (secondary N) is 1. The van der Waals surface area contributed by atoms with E-state index in [0.717, 1.165) is 13.1 Å². The molecule has 2 rings (SSSR count). The number of nitrogens with zero attached hydrogens (tertiary/aromatic N) is 2. The van der Waals surface area contributed by atoms with Gasteiger partial charge in [0.15, 0.2) is 0 Å². The fourth-order valence-corrected chi connectivity index (χ4v) is 2.37. The van der Waals surface area contributed by atoms with E-state index in [2.05, 4.69) is 5.32 Å². The third-order valence-corrected chi connectivity index (χ3v) is 3.70. The summed E-state index contributed by atoms with van der Waals surface area (Å²) in [6.07, 6.45) is 0. The van der Waals surface area contributed by atoms with Crippen molar-refractivity contribution in [1.82, 2.24) is 15.1 Å². The van der Waals surface area contributed by atoms with E-state index in [1.54, 1.807) is 11.9 Å². The molecule has 1 aliphatic heterocycles. The molecule has 1 saturated heterocycles. The first-order valence-electron chi connectivity index (χ1n) is 6.71. The highest BCUT2D eigenvalue weighted by molar-refractivity contribution is 6.33. The molecule has 21 heavy (non-hydrogen) atoms. The number of aromatic hydroxyl groups is 1. The number of halogens is 1. The van der Waals surface area contributed by atoms with Crippen LogP contribution in [0, 0.1) is 0 Å². The first kappa shape index (κ1) is 15.6. The summed E-state index contributed by atoms with van der Waals surface area (Å²) in [5.41, 5.74) is 0.187. The van der Waals surface area contributed by atoms with E-state index in [-0.39, 0.29) is 34.7 Å². The Kier molecular flexibility index (Phi) is 5.03. The number of hydrogen-bond acceptors (Lipinski definition) is 4. The maximum atomic E-state index is 12.3. The van der Waals surface area contributed by atoms with Gasteiger partial charge in [-0.05, 0) is 18.2 Å². The van der Waals surface area contributed by atoms with E-state index in [1.807, 2.05) is 0 Å². The minimum Gasteiger partial charge on any atom is -0.508 e. The molecule has 0 spiro atoms. The third kappa shape index (κ3) is 3.86. The zero-order valence-corrected chi connectivity index (χ0v) is 12.6. The van der Waals surface area contributed by atoms with Crippen molar-refractivity contribution in [2.75, 3.05) is 39.8 Å². The predicted molar refractivity (Wildman–Crippen MR) is 79.5 cm³/mol. The predicted octanol–water partition coefficient (Wildman–Crippen LogP) is 0.549. The molecular weight excluding hydrogens is 294 g/mol. The first-order chi connectivity index (χ1) is 9.99. The van der Waals surface area contributed by atoms with Gasteiger partial charge in [-0.1, -0.05) is 11.6 Å². The molecule has 6 nitrogen and oxygen atoms in total. The van der Waals surface area contributed by atoms with Crippen LogP contribution >= 0.6 is 11.6 Å². The van der Waals surface area contributed by atoms with Crippen LogP contribution in [0.1, 0.15) is 10.4 Å². The highest BCUT2D eigenvalue weighted by atomic mass is 35.5. The number of likely N-dealkylation sites (N-methyl/N-ethyl adjacent to an activating group) is 1. The Morgan fingerprint density at radius 2 is 2.05 bits per heavy atom. The van der Waals surface area contributed by atoms with E-state index in [9.17, 15) is 14.7 Å². The van der Waals surface area contributed by atoms with Crippen molar-refractivity contribution < 1.29 is 14.7 Å². The number of carbonyl (C=O) groups excluding carboxylic acids is 2. The molecule has 114 valence electrons. The van der Waals surface area contributed by atoms with Crippen molar-refractivity contribution in [2.45, 2.75) is 0 Å². The molecule has 1 aliphatic rings. The van der Waals surface area contributed by atoms with E-state index in [0.29, 0.717) is 13.1 Å². The number of hydrogen-bond donors (Lipinski definition) is 2. The summed E-state index contributed by atoms with van der Waals surface area (Å²) in [6.45, 7) is 2.82. The second kappa shape index (κ2) is 6.78. The summed E-state index contributed by atoms with van der Waals surface area (Å²) < 4.78 is 0. The zero-order valence-electron chi connectivity index (χ0n) is 11.8. The molecule has 1 heterocycles. The summed E-state index contributed by atoms with van der Waals surface area (Å²) >= 11 is 5.96. The van der Waals surface area contributed by atoms with Gasteiger partial charge in [-0.3, -0.25) is 9.59 Å². The molecule has 1 fully saturated rings. The summed E-state index contributed by atoms with van der Waals surface area (Å²) in [4.78, 5) is 27.4. The van der Waals surface area contributed by atoms with Crippen LogP contribution < -0.4 is 5.32 Å². The molecule has 2 amide bonds. The lowest BCUT2D eigenvalue weighted by atomic mass is 10.2. The molecule has 2 N–H and O–H groups in total. The lowest BCUT2D eigenvalue weighted by Crippen LogP contribution is -2.49. The highest BCUT2D eigenvalue weighted by Gasteiger charge is 2.22. The van der Waals surface area contributed by atoms with E-state index in [1.165, 1.54) is 23.1 Å².